The van der Waals surface area contributed by atoms with E-state index < -0.39 is 0 Å². The van der Waals surface area contributed by atoms with Gasteiger partial charge in [-0.15, -0.1) is 0 Å². The Morgan fingerprint density at radius 3 is 2.83 bits per heavy atom. The highest BCUT2D eigenvalue weighted by molar-refractivity contribution is 6.05. The van der Waals surface area contributed by atoms with Gasteiger partial charge in [0.15, 0.2) is 0 Å². The third kappa shape index (κ3) is 3.77. The number of carbonyl (C=O) groups is 1. The summed E-state index contributed by atoms with van der Waals surface area (Å²) in [6, 6.07) is 15.3. The molecule has 0 saturated carbocycles. The summed E-state index contributed by atoms with van der Waals surface area (Å²) in [7, 11) is 5.58. The molecule has 0 unspecified atom stereocenters. The summed E-state index contributed by atoms with van der Waals surface area (Å²) in [5.74, 6) is 1.34. The van der Waals surface area contributed by atoms with E-state index in [4.69, 9.17) is 9.72 Å². The van der Waals surface area contributed by atoms with E-state index in [1.54, 1.807) is 19.5 Å². The normalized spacial score (nSPS) is 11.3. The molecule has 7 nitrogen and oxygen atoms in total. The van der Waals surface area contributed by atoms with Gasteiger partial charge in [-0.2, -0.15) is 0 Å². The summed E-state index contributed by atoms with van der Waals surface area (Å²) in [6.07, 6.45) is 1.73. The molecule has 0 fully saturated rings. The Labute approximate surface area is 168 Å². The van der Waals surface area contributed by atoms with E-state index in [1.165, 1.54) is 0 Å². The van der Waals surface area contributed by atoms with Crippen LogP contribution < -0.4 is 10.1 Å². The molecular weight excluding hydrogens is 366 g/mol. The maximum Gasteiger partial charge on any atom is 0.253 e. The zero-order chi connectivity index (χ0) is 20.4. The molecule has 0 bridgehead atoms. The van der Waals surface area contributed by atoms with Crippen molar-refractivity contribution in [3.05, 3.63) is 60.4 Å². The Morgan fingerprint density at radius 2 is 2.03 bits per heavy atom. The van der Waals surface area contributed by atoms with Crippen molar-refractivity contribution in [2.24, 2.45) is 0 Å². The highest BCUT2D eigenvalue weighted by Crippen LogP contribution is 2.24. The van der Waals surface area contributed by atoms with E-state index in [0.29, 0.717) is 23.4 Å². The number of imidazole rings is 1. The molecule has 0 aliphatic rings. The maximum atomic E-state index is 12.7. The Morgan fingerprint density at radius 1 is 1.17 bits per heavy atom. The van der Waals surface area contributed by atoms with Gasteiger partial charge in [-0.05, 0) is 44.4 Å². The number of likely N-dealkylation sites (N-methyl/N-ethyl adjacent to an activating group) is 1. The zero-order valence-corrected chi connectivity index (χ0v) is 16.7. The molecule has 0 aliphatic carbocycles. The molecule has 1 N–H and O–H groups in total. The maximum absolute atomic E-state index is 12.7. The molecule has 1 amide bonds. The lowest BCUT2D eigenvalue weighted by atomic mass is 10.1. The second-order valence-electron chi connectivity index (χ2n) is 7.08. The first-order valence-electron chi connectivity index (χ1n) is 9.41. The highest BCUT2D eigenvalue weighted by Gasteiger charge is 2.13. The largest absolute Gasteiger partial charge is 0.497 e. The lowest BCUT2D eigenvalue weighted by molar-refractivity contribution is 0.0952. The van der Waals surface area contributed by atoms with Crippen LogP contribution in [-0.4, -0.2) is 59.6 Å². The number of fused-ring (bicyclic) bond motifs is 2. The number of hydrogen-bond donors (Lipinski definition) is 1. The zero-order valence-electron chi connectivity index (χ0n) is 16.7. The van der Waals surface area contributed by atoms with Crippen LogP contribution in [0.4, 0.5) is 0 Å². The smallest absolute Gasteiger partial charge is 0.253 e. The molecule has 4 aromatic rings. The molecule has 29 heavy (non-hydrogen) atoms. The van der Waals surface area contributed by atoms with Crippen molar-refractivity contribution in [1.29, 1.82) is 0 Å². The Bertz CT molecular complexity index is 1180. The van der Waals surface area contributed by atoms with Crippen LogP contribution in [0.5, 0.6) is 5.75 Å². The average Bonchev–Trinajstić information content (AvgIpc) is 3.15. The topological polar surface area (TPSA) is 72.3 Å². The van der Waals surface area contributed by atoms with E-state index in [2.05, 4.69) is 10.3 Å². The number of benzene rings is 2. The standard InChI is InChI=1S/C22H23N5O2/c1-26(2)12-11-23-22(28)17-6-4-5-15-7-10-20(25-21(15)17)27-14-24-18-13-16(29-3)8-9-19(18)27/h4-10,13-14H,11-12H2,1-3H3,(H,23,28). The van der Waals surface area contributed by atoms with Gasteiger partial charge < -0.3 is 15.0 Å². The minimum absolute atomic E-state index is 0.123. The van der Waals surface area contributed by atoms with Gasteiger partial charge in [0, 0.05) is 24.5 Å². The van der Waals surface area contributed by atoms with Gasteiger partial charge in [0.2, 0.25) is 0 Å². The SMILES string of the molecule is COc1ccc2c(c1)ncn2-c1ccc2cccc(C(=O)NCCN(C)C)c2n1. The van der Waals surface area contributed by atoms with Crippen molar-refractivity contribution in [3.63, 3.8) is 0 Å². The number of pyridine rings is 1. The molecular formula is C22H23N5O2. The van der Waals surface area contributed by atoms with E-state index in [9.17, 15) is 4.79 Å². The number of nitrogens with zero attached hydrogens (tertiary/aromatic N) is 4. The molecule has 7 heteroatoms. The van der Waals surface area contributed by atoms with Gasteiger partial charge in [0.1, 0.15) is 17.9 Å². The predicted octanol–water partition coefficient (Wildman–Crippen LogP) is 2.87. The van der Waals surface area contributed by atoms with Gasteiger partial charge in [-0.25, -0.2) is 9.97 Å². The summed E-state index contributed by atoms with van der Waals surface area (Å²) >= 11 is 0. The monoisotopic (exact) mass is 389 g/mol. The Hall–Kier alpha value is -3.45. The second kappa shape index (κ2) is 7.89. The molecule has 0 spiro atoms. The number of ether oxygens (including phenoxy) is 1. The minimum atomic E-state index is -0.123. The lowest BCUT2D eigenvalue weighted by Crippen LogP contribution is -2.31. The summed E-state index contributed by atoms with van der Waals surface area (Å²) < 4.78 is 7.18. The summed E-state index contributed by atoms with van der Waals surface area (Å²) in [4.78, 5) is 24.0. The van der Waals surface area contributed by atoms with Crippen molar-refractivity contribution in [3.8, 4) is 11.6 Å². The molecule has 2 heterocycles. The summed E-state index contributed by atoms with van der Waals surface area (Å²) in [6.45, 7) is 1.36. The van der Waals surface area contributed by atoms with Crippen LogP contribution in [0.25, 0.3) is 27.8 Å². The van der Waals surface area contributed by atoms with Crippen molar-refractivity contribution in [2.45, 2.75) is 0 Å². The second-order valence-corrected chi connectivity index (χ2v) is 7.08. The van der Waals surface area contributed by atoms with Crippen molar-refractivity contribution in [2.75, 3.05) is 34.3 Å². The van der Waals surface area contributed by atoms with Gasteiger partial charge >= 0.3 is 0 Å². The summed E-state index contributed by atoms with van der Waals surface area (Å²) in [5, 5.41) is 3.88. The number of para-hydroxylation sites is 1. The summed E-state index contributed by atoms with van der Waals surface area (Å²) in [5.41, 5.74) is 2.98. The van der Waals surface area contributed by atoms with E-state index >= 15 is 0 Å². The van der Waals surface area contributed by atoms with Crippen molar-refractivity contribution in [1.82, 2.24) is 24.8 Å². The first-order chi connectivity index (χ1) is 14.1. The first-order valence-corrected chi connectivity index (χ1v) is 9.41. The predicted molar refractivity (Wildman–Crippen MR) is 114 cm³/mol. The van der Waals surface area contributed by atoms with Gasteiger partial charge in [-0.3, -0.25) is 9.36 Å². The fourth-order valence-electron chi connectivity index (χ4n) is 3.24. The Balaban J connectivity index is 1.73. The number of aromatic nitrogens is 3. The minimum Gasteiger partial charge on any atom is -0.497 e. The van der Waals surface area contributed by atoms with Crippen LogP contribution in [0.1, 0.15) is 10.4 Å². The van der Waals surface area contributed by atoms with Crippen LogP contribution in [-0.2, 0) is 0 Å². The molecule has 2 aromatic carbocycles. The fourth-order valence-corrected chi connectivity index (χ4v) is 3.24. The quantitative estimate of drug-likeness (QED) is 0.549. The molecule has 0 radical (unpaired) electrons. The molecule has 148 valence electrons. The fraction of sp³-hybridized carbons (Fsp3) is 0.227. The number of rotatable bonds is 6. The van der Waals surface area contributed by atoms with Crippen LogP contribution in [0.15, 0.2) is 54.9 Å². The number of hydrogen-bond acceptors (Lipinski definition) is 5. The van der Waals surface area contributed by atoms with E-state index in [1.807, 2.05) is 66.0 Å². The molecule has 2 aromatic heterocycles. The Kier molecular flexibility index (Phi) is 5.14. The third-order valence-electron chi connectivity index (χ3n) is 4.80. The van der Waals surface area contributed by atoms with Gasteiger partial charge in [0.05, 0.1) is 29.2 Å². The van der Waals surface area contributed by atoms with Crippen molar-refractivity contribution >= 4 is 27.8 Å². The number of methoxy groups -OCH3 is 1. The van der Waals surface area contributed by atoms with E-state index in [-0.39, 0.29) is 5.91 Å². The molecule has 0 atom stereocenters. The van der Waals surface area contributed by atoms with Crippen molar-refractivity contribution < 1.29 is 9.53 Å². The molecule has 0 saturated heterocycles. The van der Waals surface area contributed by atoms with Crippen LogP contribution >= 0.6 is 0 Å². The average molecular weight is 389 g/mol. The number of amides is 1. The third-order valence-corrected chi connectivity index (χ3v) is 4.80. The van der Waals surface area contributed by atoms with Crippen LogP contribution in [0.2, 0.25) is 0 Å². The van der Waals surface area contributed by atoms with Gasteiger partial charge in [0.25, 0.3) is 5.91 Å². The first kappa shape index (κ1) is 18.9. The van der Waals surface area contributed by atoms with Crippen LogP contribution in [0, 0.1) is 0 Å². The molecule has 0 aliphatic heterocycles. The number of nitrogens with one attached hydrogen (secondary N) is 1. The highest BCUT2D eigenvalue weighted by atomic mass is 16.5. The number of carbonyl (C=O) groups excluding carboxylic acids is 1. The lowest BCUT2D eigenvalue weighted by Gasteiger charge is -2.12. The molecule has 4 rings (SSSR count). The van der Waals surface area contributed by atoms with Crippen LogP contribution in [0.3, 0.4) is 0 Å². The van der Waals surface area contributed by atoms with E-state index in [0.717, 1.165) is 28.7 Å². The van der Waals surface area contributed by atoms with Gasteiger partial charge in [-0.1, -0.05) is 12.1 Å².